The van der Waals surface area contributed by atoms with Gasteiger partial charge in [0, 0.05) is 64.1 Å². The molecule has 0 aliphatic carbocycles. The SMILES string of the molecule is CN1CCN(c2ncc(C(=O)O)c(-c3cccc4ccccc34)n2)CC1.CN1CCNCC1. The number of aromatic carboxylic acids is 1. The molecule has 0 amide bonds. The van der Waals surface area contributed by atoms with Crippen molar-refractivity contribution in [1.29, 1.82) is 0 Å². The summed E-state index contributed by atoms with van der Waals surface area (Å²) < 4.78 is 0. The fraction of sp³-hybridized carbons (Fsp3) is 0.400. The molecule has 33 heavy (non-hydrogen) atoms. The van der Waals surface area contributed by atoms with Gasteiger partial charge in [0.1, 0.15) is 5.56 Å². The van der Waals surface area contributed by atoms with Gasteiger partial charge in [-0.3, -0.25) is 0 Å². The van der Waals surface area contributed by atoms with E-state index >= 15 is 0 Å². The van der Waals surface area contributed by atoms with Crippen LogP contribution in [-0.4, -0.2) is 97.3 Å². The largest absolute Gasteiger partial charge is 0.478 e. The van der Waals surface area contributed by atoms with Crippen LogP contribution in [0.2, 0.25) is 0 Å². The predicted octanol–water partition coefficient (Wildman–Crippen LogP) is 2.27. The molecule has 3 aromatic rings. The summed E-state index contributed by atoms with van der Waals surface area (Å²) in [7, 11) is 4.24. The van der Waals surface area contributed by atoms with Crippen molar-refractivity contribution < 1.29 is 9.90 Å². The van der Waals surface area contributed by atoms with Crippen LogP contribution in [0.1, 0.15) is 10.4 Å². The zero-order valence-electron chi connectivity index (χ0n) is 19.4. The summed E-state index contributed by atoms with van der Waals surface area (Å²) in [6.07, 6.45) is 1.43. The van der Waals surface area contributed by atoms with Gasteiger partial charge in [-0.15, -0.1) is 0 Å². The number of piperazine rings is 2. The van der Waals surface area contributed by atoms with E-state index < -0.39 is 5.97 Å². The number of fused-ring (bicyclic) bond motifs is 1. The van der Waals surface area contributed by atoms with Crippen molar-refractivity contribution in [2.45, 2.75) is 0 Å². The van der Waals surface area contributed by atoms with Gasteiger partial charge in [0.15, 0.2) is 0 Å². The van der Waals surface area contributed by atoms with Crippen molar-refractivity contribution in [3.05, 3.63) is 54.2 Å². The number of carboxylic acids is 1. The fourth-order valence-corrected chi connectivity index (χ4v) is 4.10. The number of hydrogen-bond donors (Lipinski definition) is 2. The number of nitrogens with one attached hydrogen (secondary N) is 1. The van der Waals surface area contributed by atoms with Crippen molar-refractivity contribution in [3.8, 4) is 11.3 Å². The normalized spacial score (nSPS) is 17.5. The van der Waals surface area contributed by atoms with Gasteiger partial charge >= 0.3 is 5.97 Å². The number of aromatic nitrogens is 2. The van der Waals surface area contributed by atoms with Crippen molar-refractivity contribution >= 4 is 22.7 Å². The molecule has 3 heterocycles. The molecule has 5 rings (SSSR count). The summed E-state index contributed by atoms with van der Waals surface area (Å²) in [5.41, 5.74) is 1.41. The lowest BCUT2D eigenvalue weighted by Crippen LogP contribution is -2.45. The zero-order valence-corrected chi connectivity index (χ0v) is 19.4. The third-order valence-corrected chi connectivity index (χ3v) is 6.18. The van der Waals surface area contributed by atoms with Gasteiger partial charge in [-0.2, -0.15) is 0 Å². The van der Waals surface area contributed by atoms with Gasteiger partial charge < -0.3 is 25.1 Å². The van der Waals surface area contributed by atoms with E-state index in [1.165, 1.54) is 19.3 Å². The Morgan fingerprint density at radius 3 is 2.24 bits per heavy atom. The first-order valence-electron chi connectivity index (χ1n) is 11.4. The van der Waals surface area contributed by atoms with E-state index in [9.17, 15) is 9.90 Å². The lowest BCUT2D eigenvalue weighted by atomic mass is 9.99. The monoisotopic (exact) mass is 448 g/mol. The van der Waals surface area contributed by atoms with E-state index in [1.54, 1.807) is 0 Å². The third kappa shape index (κ3) is 5.65. The Kier molecular flexibility index (Phi) is 7.49. The first kappa shape index (κ1) is 23.1. The van der Waals surface area contributed by atoms with Gasteiger partial charge in [-0.1, -0.05) is 42.5 Å². The standard InChI is InChI=1S/C20H20N4O2.C5H12N2/c1-23-9-11-24(12-10-23)20-21-13-17(19(25)26)18(22-20)16-8-4-6-14-5-2-3-7-15(14)16;1-7-4-2-6-3-5-7/h2-8,13H,9-12H2,1H3,(H,25,26);6H,2-5H2,1H3. The minimum Gasteiger partial charge on any atom is -0.478 e. The van der Waals surface area contributed by atoms with E-state index in [-0.39, 0.29) is 5.56 Å². The van der Waals surface area contributed by atoms with E-state index in [2.05, 4.69) is 44.1 Å². The van der Waals surface area contributed by atoms with Crippen molar-refractivity contribution in [1.82, 2.24) is 25.1 Å². The molecular formula is C25H32N6O2. The average molecular weight is 449 g/mol. The number of carboxylic acid groups (broad SMARTS) is 1. The highest BCUT2D eigenvalue weighted by molar-refractivity contribution is 6.02. The number of likely N-dealkylation sites (N-methyl/N-ethyl adjacent to an activating group) is 2. The number of carbonyl (C=O) groups is 1. The van der Waals surface area contributed by atoms with Crippen LogP contribution >= 0.6 is 0 Å². The highest BCUT2D eigenvalue weighted by Crippen LogP contribution is 2.30. The molecule has 8 nitrogen and oxygen atoms in total. The Labute approximate surface area is 194 Å². The van der Waals surface area contributed by atoms with Crippen LogP contribution in [0.25, 0.3) is 22.0 Å². The molecule has 0 atom stereocenters. The Hall–Kier alpha value is -3.07. The first-order chi connectivity index (χ1) is 16.0. The van der Waals surface area contributed by atoms with Crippen LogP contribution in [-0.2, 0) is 0 Å². The van der Waals surface area contributed by atoms with Crippen molar-refractivity contribution in [3.63, 3.8) is 0 Å². The van der Waals surface area contributed by atoms with Gasteiger partial charge in [-0.05, 0) is 24.9 Å². The van der Waals surface area contributed by atoms with Gasteiger partial charge in [-0.25, -0.2) is 14.8 Å². The van der Waals surface area contributed by atoms with Gasteiger partial charge in [0.2, 0.25) is 5.95 Å². The molecule has 2 aliphatic rings. The van der Waals surface area contributed by atoms with Gasteiger partial charge in [0.05, 0.1) is 5.69 Å². The summed E-state index contributed by atoms with van der Waals surface area (Å²) in [6, 6.07) is 13.8. The van der Waals surface area contributed by atoms with Crippen molar-refractivity contribution in [2.75, 3.05) is 71.4 Å². The summed E-state index contributed by atoms with van der Waals surface area (Å²) in [5, 5.41) is 15.0. The molecular weight excluding hydrogens is 416 g/mol. The maximum atomic E-state index is 11.8. The fourth-order valence-electron chi connectivity index (χ4n) is 4.10. The molecule has 174 valence electrons. The van der Waals surface area contributed by atoms with E-state index in [4.69, 9.17) is 0 Å². The maximum Gasteiger partial charge on any atom is 0.339 e. The topological polar surface area (TPSA) is 84.8 Å². The number of benzene rings is 2. The number of hydrogen-bond acceptors (Lipinski definition) is 7. The predicted molar refractivity (Wildman–Crippen MR) is 132 cm³/mol. The summed E-state index contributed by atoms with van der Waals surface area (Å²) >= 11 is 0. The number of nitrogens with zero attached hydrogens (tertiary/aromatic N) is 5. The molecule has 2 aromatic carbocycles. The molecule has 0 saturated carbocycles. The second-order valence-corrected chi connectivity index (χ2v) is 8.61. The smallest absolute Gasteiger partial charge is 0.339 e. The molecule has 8 heteroatoms. The van der Waals surface area contributed by atoms with Gasteiger partial charge in [0.25, 0.3) is 0 Å². The quantitative estimate of drug-likeness (QED) is 0.631. The molecule has 2 aliphatic heterocycles. The Bertz CT molecular complexity index is 1090. The van der Waals surface area contributed by atoms with Crippen LogP contribution in [0, 0.1) is 0 Å². The second kappa shape index (κ2) is 10.7. The lowest BCUT2D eigenvalue weighted by molar-refractivity contribution is 0.0697. The summed E-state index contributed by atoms with van der Waals surface area (Å²) in [6.45, 7) is 8.28. The first-order valence-corrected chi connectivity index (χ1v) is 11.4. The zero-order chi connectivity index (χ0) is 23.2. The molecule has 0 spiro atoms. The second-order valence-electron chi connectivity index (χ2n) is 8.61. The van der Waals surface area contributed by atoms with Crippen LogP contribution in [0.4, 0.5) is 5.95 Å². The van der Waals surface area contributed by atoms with Crippen LogP contribution in [0.5, 0.6) is 0 Å². The minimum absolute atomic E-state index is 0.124. The van der Waals surface area contributed by atoms with Crippen LogP contribution in [0.3, 0.4) is 0 Å². The summed E-state index contributed by atoms with van der Waals surface area (Å²) in [4.78, 5) is 27.5. The molecule has 2 fully saturated rings. The molecule has 2 N–H and O–H groups in total. The highest BCUT2D eigenvalue weighted by atomic mass is 16.4. The van der Waals surface area contributed by atoms with E-state index in [0.29, 0.717) is 11.6 Å². The Balaban J connectivity index is 0.000000318. The third-order valence-electron chi connectivity index (χ3n) is 6.18. The number of anilines is 1. The molecule has 0 bridgehead atoms. The minimum atomic E-state index is -1.02. The Morgan fingerprint density at radius 1 is 0.909 bits per heavy atom. The van der Waals surface area contributed by atoms with E-state index in [1.807, 2.05) is 42.5 Å². The lowest BCUT2D eigenvalue weighted by Gasteiger charge is -2.32. The molecule has 2 saturated heterocycles. The summed E-state index contributed by atoms with van der Waals surface area (Å²) in [5.74, 6) is -0.427. The molecule has 0 unspecified atom stereocenters. The maximum absolute atomic E-state index is 11.8. The van der Waals surface area contributed by atoms with Crippen molar-refractivity contribution in [2.24, 2.45) is 0 Å². The average Bonchev–Trinajstić information content (AvgIpc) is 2.84. The highest BCUT2D eigenvalue weighted by Gasteiger charge is 2.21. The van der Waals surface area contributed by atoms with Crippen LogP contribution in [0.15, 0.2) is 48.7 Å². The van der Waals surface area contributed by atoms with Crippen LogP contribution < -0.4 is 10.2 Å². The number of rotatable bonds is 3. The van der Waals surface area contributed by atoms with E-state index in [0.717, 1.165) is 55.6 Å². The Morgan fingerprint density at radius 2 is 1.58 bits per heavy atom. The molecule has 1 aromatic heterocycles. The molecule has 0 radical (unpaired) electrons.